The third-order valence-electron chi connectivity index (χ3n) is 4.67. The van der Waals surface area contributed by atoms with E-state index in [-0.39, 0.29) is 30.5 Å². The Hall–Kier alpha value is -2.77. The fourth-order valence-electron chi connectivity index (χ4n) is 3.11. The summed E-state index contributed by atoms with van der Waals surface area (Å²) >= 11 is 7.74. The number of halogens is 1. The quantitative estimate of drug-likeness (QED) is 0.506. The van der Waals surface area contributed by atoms with E-state index in [2.05, 4.69) is 10.3 Å². The van der Waals surface area contributed by atoms with Gasteiger partial charge in [-0.15, -0.1) is 0 Å². The highest BCUT2D eigenvalue weighted by Crippen LogP contribution is 2.35. The van der Waals surface area contributed by atoms with Gasteiger partial charge in [-0.25, -0.2) is 0 Å². The minimum atomic E-state index is -0.278. The molecule has 0 aromatic heterocycles. The molecule has 0 radical (unpaired) electrons. The number of aryl methyl sites for hydroxylation is 1. The second-order valence-electron chi connectivity index (χ2n) is 8.28. The molecule has 174 valence electrons. The van der Waals surface area contributed by atoms with Gasteiger partial charge in [0.25, 0.3) is 11.8 Å². The summed E-state index contributed by atoms with van der Waals surface area (Å²) in [4.78, 5) is 31.9. The number of hydrogen-bond acceptors (Lipinski definition) is 5. The molecule has 0 aliphatic carbocycles. The lowest BCUT2D eigenvalue weighted by atomic mass is 10.2. The van der Waals surface area contributed by atoms with Gasteiger partial charge in [0.15, 0.2) is 11.8 Å². The lowest BCUT2D eigenvalue weighted by molar-refractivity contribution is -0.123. The van der Waals surface area contributed by atoms with E-state index in [0.29, 0.717) is 26.5 Å². The van der Waals surface area contributed by atoms with Gasteiger partial charge in [-0.05, 0) is 82.3 Å². The van der Waals surface area contributed by atoms with Crippen molar-refractivity contribution in [2.24, 2.45) is 4.99 Å². The van der Waals surface area contributed by atoms with E-state index in [0.717, 1.165) is 11.1 Å². The molecule has 0 bridgehead atoms. The molecule has 0 spiro atoms. The van der Waals surface area contributed by atoms with Crippen LogP contribution in [0.1, 0.15) is 38.8 Å². The molecule has 2 amide bonds. The smallest absolute Gasteiger partial charge is 0.266 e. The maximum atomic E-state index is 12.9. The SMILES string of the molecule is Cc1ccc(NC(=O)COc2ccc(/C=C3/SC(=NC(C)C)N(C(C)C)C3=O)cc2Cl)cc1. The van der Waals surface area contributed by atoms with Gasteiger partial charge in [0.2, 0.25) is 0 Å². The summed E-state index contributed by atoms with van der Waals surface area (Å²) in [5.41, 5.74) is 2.59. The van der Waals surface area contributed by atoms with E-state index >= 15 is 0 Å². The van der Waals surface area contributed by atoms with E-state index in [9.17, 15) is 9.59 Å². The fourth-order valence-corrected chi connectivity index (χ4v) is 4.58. The summed E-state index contributed by atoms with van der Waals surface area (Å²) in [6, 6.07) is 12.8. The number of amides is 2. The van der Waals surface area contributed by atoms with Gasteiger partial charge in [0, 0.05) is 17.8 Å². The van der Waals surface area contributed by atoms with Gasteiger partial charge in [-0.3, -0.25) is 19.5 Å². The van der Waals surface area contributed by atoms with Crippen molar-refractivity contribution >= 4 is 52.1 Å². The first-order valence-electron chi connectivity index (χ1n) is 10.7. The van der Waals surface area contributed by atoms with Crippen molar-refractivity contribution in [1.82, 2.24) is 4.90 Å². The van der Waals surface area contributed by atoms with Crippen LogP contribution in [-0.4, -0.2) is 40.6 Å². The molecule has 3 rings (SSSR count). The summed E-state index contributed by atoms with van der Waals surface area (Å²) in [6.07, 6.45) is 1.80. The zero-order valence-electron chi connectivity index (χ0n) is 19.4. The van der Waals surface area contributed by atoms with Crippen molar-refractivity contribution in [3.05, 3.63) is 63.5 Å². The van der Waals surface area contributed by atoms with Crippen LogP contribution in [0.4, 0.5) is 5.69 Å². The maximum absolute atomic E-state index is 12.9. The molecule has 33 heavy (non-hydrogen) atoms. The number of hydrogen-bond donors (Lipinski definition) is 1. The fraction of sp³-hybridized carbons (Fsp3) is 0.320. The number of rotatable bonds is 7. The molecule has 1 N–H and O–H groups in total. The topological polar surface area (TPSA) is 71.0 Å². The number of ether oxygens (including phenoxy) is 1. The van der Waals surface area contributed by atoms with Crippen LogP contribution < -0.4 is 10.1 Å². The highest BCUT2D eigenvalue weighted by atomic mass is 35.5. The Morgan fingerprint density at radius 3 is 2.48 bits per heavy atom. The Morgan fingerprint density at radius 2 is 1.88 bits per heavy atom. The summed E-state index contributed by atoms with van der Waals surface area (Å²) < 4.78 is 5.59. The van der Waals surface area contributed by atoms with Gasteiger partial charge < -0.3 is 10.1 Å². The molecule has 1 aliphatic rings. The molecule has 1 heterocycles. The molecular formula is C25H28ClN3O3S. The van der Waals surface area contributed by atoms with E-state index < -0.39 is 0 Å². The molecule has 6 nitrogen and oxygen atoms in total. The Kier molecular flexibility index (Phi) is 8.21. The number of carbonyl (C=O) groups is 2. The number of nitrogens with one attached hydrogen (secondary N) is 1. The van der Waals surface area contributed by atoms with Gasteiger partial charge in [0.1, 0.15) is 5.75 Å². The Balaban J connectivity index is 1.67. The van der Waals surface area contributed by atoms with Crippen LogP contribution in [0.15, 0.2) is 52.4 Å². The molecule has 2 aromatic carbocycles. The van der Waals surface area contributed by atoms with Crippen molar-refractivity contribution in [2.75, 3.05) is 11.9 Å². The first-order chi connectivity index (χ1) is 15.6. The minimum Gasteiger partial charge on any atom is -0.482 e. The third-order valence-corrected chi connectivity index (χ3v) is 5.96. The number of anilines is 1. The van der Waals surface area contributed by atoms with Crippen molar-refractivity contribution in [3.63, 3.8) is 0 Å². The largest absolute Gasteiger partial charge is 0.482 e. The van der Waals surface area contributed by atoms with Crippen LogP contribution in [0.3, 0.4) is 0 Å². The van der Waals surface area contributed by atoms with Crippen LogP contribution >= 0.6 is 23.4 Å². The van der Waals surface area contributed by atoms with Crippen molar-refractivity contribution in [3.8, 4) is 5.75 Å². The third kappa shape index (κ3) is 6.62. The lowest BCUT2D eigenvalue weighted by Crippen LogP contribution is -2.35. The highest BCUT2D eigenvalue weighted by molar-refractivity contribution is 8.18. The number of benzene rings is 2. The molecule has 8 heteroatoms. The van der Waals surface area contributed by atoms with Gasteiger partial charge >= 0.3 is 0 Å². The van der Waals surface area contributed by atoms with Gasteiger partial charge in [-0.2, -0.15) is 0 Å². The van der Waals surface area contributed by atoms with Crippen LogP contribution in [0.5, 0.6) is 5.75 Å². The average Bonchev–Trinajstić information content (AvgIpc) is 3.03. The predicted molar refractivity (Wildman–Crippen MR) is 137 cm³/mol. The maximum Gasteiger partial charge on any atom is 0.266 e. The Labute approximate surface area is 204 Å². The zero-order valence-corrected chi connectivity index (χ0v) is 21.0. The van der Waals surface area contributed by atoms with Gasteiger partial charge in [-0.1, -0.05) is 35.4 Å². The standard InChI is InChI=1S/C25H28ClN3O3S/c1-15(2)27-25-29(16(3)4)24(31)22(33-25)13-18-8-11-21(20(26)12-18)32-14-23(30)28-19-9-6-17(5)7-10-19/h6-13,15-16H,14H2,1-5H3,(H,28,30)/b22-13+,27-25?. The van der Waals surface area contributed by atoms with Crippen molar-refractivity contribution in [2.45, 2.75) is 46.7 Å². The van der Waals surface area contributed by atoms with Gasteiger partial charge in [0.05, 0.1) is 9.93 Å². The molecule has 0 unspecified atom stereocenters. The predicted octanol–water partition coefficient (Wildman–Crippen LogP) is 5.76. The second-order valence-corrected chi connectivity index (χ2v) is 9.69. The zero-order chi connectivity index (χ0) is 24.1. The molecule has 1 saturated heterocycles. The molecule has 0 atom stereocenters. The lowest BCUT2D eigenvalue weighted by Gasteiger charge is -2.20. The van der Waals surface area contributed by atoms with Crippen LogP contribution in [0.25, 0.3) is 6.08 Å². The van der Waals surface area contributed by atoms with Crippen LogP contribution in [-0.2, 0) is 9.59 Å². The summed E-state index contributed by atoms with van der Waals surface area (Å²) in [5.74, 6) is 0.0487. The number of thioether (sulfide) groups is 1. The number of carbonyl (C=O) groups excluding carboxylic acids is 2. The van der Waals surface area contributed by atoms with Crippen LogP contribution in [0.2, 0.25) is 5.02 Å². The molecule has 1 aliphatic heterocycles. The normalized spacial score (nSPS) is 16.4. The monoisotopic (exact) mass is 485 g/mol. The Morgan fingerprint density at radius 1 is 1.18 bits per heavy atom. The highest BCUT2D eigenvalue weighted by Gasteiger charge is 2.35. The summed E-state index contributed by atoms with van der Waals surface area (Å²) in [5, 5.41) is 3.85. The average molecular weight is 486 g/mol. The summed E-state index contributed by atoms with van der Waals surface area (Å²) in [7, 11) is 0. The number of amidine groups is 1. The van der Waals surface area contributed by atoms with E-state index in [1.807, 2.05) is 58.9 Å². The Bertz CT molecular complexity index is 1090. The molecule has 2 aromatic rings. The molecule has 1 fully saturated rings. The second kappa shape index (κ2) is 10.9. The van der Waals surface area contributed by atoms with E-state index in [4.69, 9.17) is 16.3 Å². The summed E-state index contributed by atoms with van der Waals surface area (Å²) in [6.45, 7) is 9.72. The van der Waals surface area contributed by atoms with Crippen LogP contribution in [0, 0.1) is 6.92 Å². The van der Waals surface area contributed by atoms with E-state index in [1.54, 1.807) is 29.2 Å². The number of nitrogens with zero attached hydrogens (tertiary/aromatic N) is 2. The molecular weight excluding hydrogens is 458 g/mol. The van der Waals surface area contributed by atoms with Crippen molar-refractivity contribution < 1.29 is 14.3 Å². The first kappa shape index (κ1) is 24.9. The van der Waals surface area contributed by atoms with E-state index in [1.165, 1.54) is 11.8 Å². The van der Waals surface area contributed by atoms with Crippen molar-refractivity contribution in [1.29, 1.82) is 0 Å². The molecule has 0 saturated carbocycles. The minimum absolute atomic E-state index is 0.0128. The number of aliphatic imine (C=N–C) groups is 1. The first-order valence-corrected chi connectivity index (χ1v) is 11.9.